The zero-order chi connectivity index (χ0) is 20.9. The molecule has 0 aliphatic heterocycles. The van der Waals surface area contributed by atoms with Crippen LogP contribution in [-0.4, -0.2) is 17.5 Å². The maximum atomic E-state index is 12.7. The van der Waals surface area contributed by atoms with E-state index >= 15 is 0 Å². The van der Waals surface area contributed by atoms with Crippen LogP contribution < -0.4 is 10.1 Å². The minimum atomic E-state index is -0.165. The number of ether oxygens (including phenoxy) is 1. The van der Waals surface area contributed by atoms with Gasteiger partial charge in [-0.2, -0.15) is 0 Å². The fraction of sp³-hybridized carbons (Fsp3) is 0.120. The SMILES string of the molecule is CCOc1ccc(-c2nc(NC(=O)c3ccc(-c4ccccc4)cc3)sc2C)cc1. The molecule has 30 heavy (non-hydrogen) atoms. The molecular weight excluding hydrogens is 392 g/mol. The summed E-state index contributed by atoms with van der Waals surface area (Å²) >= 11 is 1.47. The van der Waals surface area contributed by atoms with E-state index in [2.05, 4.69) is 22.4 Å². The Labute approximate surface area is 180 Å². The van der Waals surface area contributed by atoms with Gasteiger partial charge in [0.05, 0.1) is 12.3 Å². The van der Waals surface area contributed by atoms with Crippen molar-refractivity contribution in [2.45, 2.75) is 13.8 Å². The Morgan fingerprint density at radius 3 is 2.20 bits per heavy atom. The van der Waals surface area contributed by atoms with Crippen LogP contribution in [0.25, 0.3) is 22.4 Å². The monoisotopic (exact) mass is 414 g/mol. The molecule has 3 aromatic carbocycles. The van der Waals surface area contributed by atoms with Crippen LogP contribution in [-0.2, 0) is 0 Å². The average molecular weight is 415 g/mol. The summed E-state index contributed by atoms with van der Waals surface area (Å²) in [5.74, 6) is 0.670. The number of nitrogens with zero attached hydrogens (tertiary/aromatic N) is 1. The van der Waals surface area contributed by atoms with E-state index in [4.69, 9.17) is 4.74 Å². The molecule has 1 heterocycles. The molecule has 0 fully saturated rings. The molecule has 4 aromatic rings. The van der Waals surface area contributed by atoms with Gasteiger partial charge in [-0.1, -0.05) is 42.5 Å². The number of carbonyl (C=O) groups is 1. The van der Waals surface area contributed by atoms with Crippen LogP contribution >= 0.6 is 11.3 Å². The van der Waals surface area contributed by atoms with E-state index in [0.29, 0.717) is 17.3 Å². The van der Waals surface area contributed by atoms with Crippen molar-refractivity contribution in [3.63, 3.8) is 0 Å². The van der Waals surface area contributed by atoms with E-state index < -0.39 is 0 Å². The number of amides is 1. The first kappa shape index (κ1) is 19.9. The lowest BCUT2D eigenvalue weighted by atomic mass is 10.0. The summed E-state index contributed by atoms with van der Waals surface area (Å²) in [6.07, 6.45) is 0. The molecule has 1 aromatic heterocycles. The summed E-state index contributed by atoms with van der Waals surface area (Å²) in [4.78, 5) is 18.4. The fourth-order valence-corrected chi connectivity index (χ4v) is 4.04. The van der Waals surface area contributed by atoms with Gasteiger partial charge in [0.1, 0.15) is 5.75 Å². The largest absolute Gasteiger partial charge is 0.494 e. The van der Waals surface area contributed by atoms with E-state index in [0.717, 1.165) is 33.0 Å². The van der Waals surface area contributed by atoms with Crippen LogP contribution in [0.5, 0.6) is 5.75 Å². The van der Waals surface area contributed by atoms with Gasteiger partial charge in [-0.3, -0.25) is 10.1 Å². The quantitative estimate of drug-likeness (QED) is 0.395. The molecule has 0 aliphatic rings. The third kappa shape index (κ3) is 4.42. The summed E-state index contributed by atoms with van der Waals surface area (Å²) < 4.78 is 5.50. The first-order valence-corrected chi connectivity index (χ1v) is 10.6. The number of rotatable bonds is 6. The molecule has 0 atom stereocenters. The van der Waals surface area contributed by atoms with E-state index in [1.54, 1.807) is 0 Å². The number of carbonyl (C=O) groups excluding carboxylic acids is 1. The highest BCUT2D eigenvalue weighted by Crippen LogP contribution is 2.31. The number of nitrogens with one attached hydrogen (secondary N) is 1. The second-order valence-corrected chi connectivity index (χ2v) is 7.98. The van der Waals surface area contributed by atoms with Crippen molar-refractivity contribution in [2.24, 2.45) is 0 Å². The number of hydrogen-bond acceptors (Lipinski definition) is 4. The molecule has 4 rings (SSSR count). The molecule has 0 radical (unpaired) electrons. The van der Waals surface area contributed by atoms with E-state index in [1.165, 1.54) is 11.3 Å². The average Bonchev–Trinajstić information content (AvgIpc) is 3.15. The summed E-state index contributed by atoms with van der Waals surface area (Å²) in [6.45, 7) is 4.61. The molecule has 1 N–H and O–H groups in total. The molecule has 0 unspecified atom stereocenters. The van der Waals surface area contributed by atoms with Gasteiger partial charge in [-0.15, -0.1) is 11.3 Å². The van der Waals surface area contributed by atoms with Gasteiger partial charge >= 0.3 is 0 Å². The predicted molar refractivity (Wildman–Crippen MR) is 123 cm³/mol. The summed E-state index contributed by atoms with van der Waals surface area (Å²) in [5.41, 5.74) is 4.68. The van der Waals surface area contributed by atoms with Gasteiger partial charge in [0.15, 0.2) is 5.13 Å². The number of anilines is 1. The Bertz CT molecular complexity index is 1130. The van der Waals surface area contributed by atoms with Crippen molar-refractivity contribution in [1.29, 1.82) is 0 Å². The first-order chi connectivity index (χ1) is 14.6. The highest BCUT2D eigenvalue weighted by Gasteiger charge is 2.13. The molecule has 0 aliphatic carbocycles. The van der Waals surface area contributed by atoms with E-state index in [1.807, 2.05) is 80.6 Å². The highest BCUT2D eigenvalue weighted by molar-refractivity contribution is 7.16. The van der Waals surface area contributed by atoms with Gasteiger partial charge < -0.3 is 4.74 Å². The van der Waals surface area contributed by atoms with Crippen LogP contribution in [0, 0.1) is 6.92 Å². The number of aryl methyl sites for hydroxylation is 1. The second-order valence-electron chi connectivity index (χ2n) is 6.78. The number of hydrogen-bond donors (Lipinski definition) is 1. The Kier molecular flexibility index (Phi) is 5.91. The third-order valence-corrected chi connectivity index (χ3v) is 5.60. The molecule has 0 saturated heterocycles. The zero-order valence-electron chi connectivity index (χ0n) is 16.9. The van der Waals surface area contributed by atoms with Gasteiger partial charge in [-0.05, 0) is 61.4 Å². The van der Waals surface area contributed by atoms with Crippen molar-refractivity contribution in [3.8, 4) is 28.1 Å². The molecular formula is C25H22N2O2S. The molecule has 150 valence electrons. The summed E-state index contributed by atoms with van der Waals surface area (Å²) in [6, 6.07) is 25.5. The third-order valence-electron chi connectivity index (χ3n) is 4.71. The van der Waals surface area contributed by atoms with Crippen molar-refractivity contribution in [1.82, 2.24) is 4.98 Å². The van der Waals surface area contributed by atoms with Crippen LogP contribution in [0.4, 0.5) is 5.13 Å². The Morgan fingerprint density at radius 1 is 0.900 bits per heavy atom. The van der Waals surface area contributed by atoms with Crippen LogP contribution in [0.1, 0.15) is 22.2 Å². The smallest absolute Gasteiger partial charge is 0.257 e. The molecule has 1 amide bonds. The van der Waals surface area contributed by atoms with Crippen LogP contribution in [0.2, 0.25) is 0 Å². The lowest BCUT2D eigenvalue weighted by molar-refractivity contribution is 0.102. The molecule has 0 bridgehead atoms. The zero-order valence-corrected chi connectivity index (χ0v) is 17.7. The topological polar surface area (TPSA) is 51.2 Å². The Hall–Kier alpha value is -3.44. The first-order valence-electron chi connectivity index (χ1n) is 9.81. The summed E-state index contributed by atoms with van der Waals surface area (Å²) in [5, 5.41) is 3.52. The van der Waals surface area contributed by atoms with E-state index in [9.17, 15) is 4.79 Å². The van der Waals surface area contributed by atoms with Gasteiger partial charge in [-0.25, -0.2) is 4.98 Å². The number of thiazole rings is 1. The molecule has 4 nitrogen and oxygen atoms in total. The fourth-order valence-electron chi connectivity index (χ4n) is 3.21. The highest BCUT2D eigenvalue weighted by atomic mass is 32.1. The van der Waals surface area contributed by atoms with Gasteiger partial charge in [0.2, 0.25) is 0 Å². The van der Waals surface area contributed by atoms with Crippen LogP contribution in [0.3, 0.4) is 0 Å². The van der Waals surface area contributed by atoms with Crippen molar-refractivity contribution in [3.05, 3.63) is 89.3 Å². The summed E-state index contributed by atoms with van der Waals surface area (Å²) in [7, 11) is 0. The number of benzene rings is 3. The Balaban J connectivity index is 1.48. The minimum Gasteiger partial charge on any atom is -0.494 e. The maximum Gasteiger partial charge on any atom is 0.257 e. The standard InChI is InChI=1S/C25H22N2O2S/c1-3-29-22-15-13-20(14-16-22)23-17(2)30-25(26-23)27-24(28)21-11-9-19(10-12-21)18-7-5-4-6-8-18/h4-16H,3H2,1-2H3,(H,26,27,28). The minimum absolute atomic E-state index is 0.165. The Morgan fingerprint density at radius 2 is 1.53 bits per heavy atom. The van der Waals surface area contributed by atoms with Gasteiger partial charge in [0, 0.05) is 16.0 Å². The van der Waals surface area contributed by atoms with E-state index in [-0.39, 0.29) is 5.91 Å². The lowest BCUT2D eigenvalue weighted by Crippen LogP contribution is -2.11. The predicted octanol–water partition coefficient (Wildman–Crippen LogP) is 6.44. The second kappa shape index (κ2) is 8.93. The normalized spacial score (nSPS) is 10.6. The van der Waals surface area contributed by atoms with Gasteiger partial charge in [0.25, 0.3) is 5.91 Å². The molecule has 0 saturated carbocycles. The van der Waals surface area contributed by atoms with Crippen LogP contribution in [0.15, 0.2) is 78.9 Å². The van der Waals surface area contributed by atoms with Crippen molar-refractivity contribution in [2.75, 3.05) is 11.9 Å². The number of aromatic nitrogens is 1. The lowest BCUT2D eigenvalue weighted by Gasteiger charge is -2.05. The molecule has 5 heteroatoms. The van der Waals surface area contributed by atoms with Crippen molar-refractivity contribution >= 4 is 22.4 Å². The maximum absolute atomic E-state index is 12.7. The van der Waals surface area contributed by atoms with Crippen molar-refractivity contribution < 1.29 is 9.53 Å². The molecule has 0 spiro atoms.